The molecule has 0 saturated carbocycles. The van der Waals surface area contributed by atoms with Gasteiger partial charge in [0.05, 0.1) is 4.70 Å². The summed E-state index contributed by atoms with van der Waals surface area (Å²) in [6.45, 7) is 2.16. The van der Waals surface area contributed by atoms with Crippen LogP contribution in [0.1, 0.15) is 11.8 Å². The van der Waals surface area contributed by atoms with Crippen LogP contribution in [0.2, 0.25) is 0 Å². The number of phenolic OH excluding ortho intramolecular Hbond substituents is 1. The van der Waals surface area contributed by atoms with Gasteiger partial charge in [-0.25, -0.2) is 0 Å². The van der Waals surface area contributed by atoms with Crippen molar-refractivity contribution < 1.29 is 5.11 Å². The first-order valence-electron chi connectivity index (χ1n) is 4.59. The zero-order chi connectivity index (χ0) is 9.97. The minimum absolute atomic E-state index is 0.403. The zero-order valence-electron chi connectivity index (χ0n) is 7.99. The Morgan fingerprint density at radius 2 is 2.29 bits per heavy atom. The first kappa shape index (κ1) is 9.87. The molecule has 0 spiro atoms. The van der Waals surface area contributed by atoms with Gasteiger partial charge in [0.1, 0.15) is 5.75 Å². The average molecular weight is 224 g/mol. The molecule has 0 unspecified atom stereocenters. The van der Waals surface area contributed by atoms with Gasteiger partial charge in [0, 0.05) is 10.6 Å². The third-order valence-electron chi connectivity index (χ3n) is 2.02. The molecule has 0 aliphatic rings. The standard InChI is InChI=1S/C11H12OS2/c1-2-13-7-9-6-8-4-3-5-10(12)11(8)14-9/h3-6,12H,2,7H2,1H3. The van der Waals surface area contributed by atoms with Crippen molar-refractivity contribution in [2.24, 2.45) is 0 Å². The quantitative estimate of drug-likeness (QED) is 0.854. The Labute approximate surface area is 91.8 Å². The third kappa shape index (κ3) is 1.88. The first-order valence-corrected chi connectivity index (χ1v) is 6.56. The lowest BCUT2D eigenvalue weighted by molar-refractivity contribution is 0.482. The molecule has 14 heavy (non-hydrogen) atoms. The van der Waals surface area contributed by atoms with Crippen molar-refractivity contribution in [1.29, 1.82) is 0 Å². The third-order valence-corrected chi connectivity index (χ3v) is 4.30. The molecule has 1 aromatic carbocycles. The van der Waals surface area contributed by atoms with E-state index >= 15 is 0 Å². The zero-order valence-corrected chi connectivity index (χ0v) is 9.62. The van der Waals surface area contributed by atoms with E-state index in [-0.39, 0.29) is 0 Å². The van der Waals surface area contributed by atoms with Crippen LogP contribution in [0.5, 0.6) is 5.75 Å². The van der Waals surface area contributed by atoms with Gasteiger partial charge in [-0.1, -0.05) is 19.1 Å². The normalized spacial score (nSPS) is 10.9. The fourth-order valence-electron chi connectivity index (χ4n) is 1.37. The number of phenols is 1. The lowest BCUT2D eigenvalue weighted by Gasteiger charge is -1.92. The smallest absolute Gasteiger partial charge is 0.133 e. The number of benzene rings is 1. The van der Waals surface area contributed by atoms with E-state index in [0.717, 1.165) is 21.6 Å². The molecule has 1 N–H and O–H groups in total. The van der Waals surface area contributed by atoms with Gasteiger partial charge < -0.3 is 5.11 Å². The predicted octanol–water partition coefficient (Wildman–Crippen LogP) is 3.86. The molecular weight excluding hydrogens is 212 g/mol. The Kier molecular flexibility index (Phi) is 2.99. The van der Waals surface area contributed by atoms with Crippen LogP contribution in [0.3, 0.4) is 0 Å². The second kappa shape index (κ2) is 4.24. The summed E-state index contributed by atoms with van der Waals surface area (Å²) in [5.41, 5.74) is 0. The number of fused-ring (bicyclic) bond motifs is 1. The lowest BCUT2D eigenvalue weighted by Crippen LogP contribution is -1.71. The van der Waals surface area contributed by atoms with E-state index in [1.807, 2.05) is 23.9 Å². The molecule has 3 heteroatoms. The molecule has 0 saturated heterocycles. The van der Waals surface area contributed by atoms with E-state index in [1.165, 1.54) is 4.88 Å². The largest absolute Gasteiger partial charge is 0.506 e. The molecule has 0 atom stereocenters. The molecule has 1 heterocycles. The molecule has 2 rings (SSSR count). The maximum Gasteiger partial charge on any atom is 0.133 e. The van der Waals surface area contributed by atoms with Gasteiger partial charge in [0.25, 0.3) is 0 Å². The number of thioether (sulfide) groups is 1. The van der Waals surface area contributed by atoms with Crippen LogP contribution in [0.15, 0.2) is 24.3 Å². The van der Waals surface area contributed by atoms with Crippen molar-refractivity contribution in [3.8, 4) is 5.75 Å². The van der Waals surface area contributed by atoms with Crippen molar-refractivity contribution in [1.82, 2.24) is 0 Å². The average Bonchev–Trinajstić information content (AvgIpc) is 2.59. The number of thiophene rings is 1. The summed E-state index contributed by atoms with van der Waals surface area (Å²) in [4.78, 5) is 1.34. The van der Waals surface area contributed by atoms with E-state index in [0.29, 0.717) is 5.75 Å². The molecule has 1 nitrogen and oxygen atoms in total. The highest BCUT2D eigenvalue weighted by atomic mass is 32.2. The molecule has 0 aliphatic carbocycles. The molecule has 0 aliphatic heterocycles. The molecule has 0 fully saturated rings. The minimum Gasteiger partial charge on any atom is -0.506 e. The highest BCUT2D eigenvalue weighted by Crippen LogP contribution is 2.34. The summed E-state index contributed by atoms with van der Waals surface area (Å²) >= 11 is 3.60. The predicted molar refractivity (Wildman–Crippen MR) is 65.3 cm³/mol. The topological polar surface area (TPSA) is 20.2 Å². The maximum absolute atomic E-state index is 9.61. The Morgan fingerprint density at radius 3 is 3.00 bits per heavy atom. The summed E-state index contributed by atoms with van der Waals surface area (Å²) in [5.74, 6) is 2.59. The van der Waals surface area contributed by atoms with Gasteiger partial charge in [0.15, 0.2) is 0 Å². The fourth-order valence-corrected chi connectivity index (χ4v) is 3.21. The van der Waals surface area contributed by atoms with Crippen LogP contribution in [0.25, 0.3) is 10.1 Å². The van der Waals surface area contributed by atoms with E-state index in [9.17, 15) is 5.11 Å². The number of hydrogen-bond donors (Lipinski definition) is 1. The second-order valence-corrected chi connectivity index (χ2v) is 5.46. The Bertz CT molecular complexity index is 434. The first-order chi connectivity index (χ1) is 6.81. The van der Waals surface area contributed by atoms with E-state index in [2.05, 4.69) is 13.0 Å². The van der Waals surface area contributed by atoms with Gasteiger partial charge in [-0.05, 0) is 23.3 Å². The van der Waals surface area contributed by atoms with Crippen LogP contribution in [-0.2, 0) is 5.75 Å². The van der Waals surface area contributed by atoms with Gasteiger partial charge >= 0.3 is 0 Å². The summed E-state index contributed by atoms with van der Waals surface area (Å²) in [6.07, 6.45) is 0. The van der Waals surface area contributed by atoms with Gasteiger partial charge in [-0.3, -0.25) is 0 Å². The summed E-state index contributed by atoms with van der Waals surface area (Å²) < 4.78 is 1.01. The minimum atomic E-state index is 0.403. The molecule has 0 amide bonds. The fraction of sp³-hybridized carbons (Fsp3) is 0.273. The highest BCUT2D eigenvalue weighted by Gasteiger charge is 2.04. The molecule has 0 bridgehead atoms. The lowest BCUT2D eigenvalue weighted by atomic mass is 10.2. The molecule has 0 radical (unpaired) electrons. The Balaban J connectivity index is 2.36. The monoisotopic (exact) mass is 224 g/mol. The molecule has 1 aromatic heterocycles. The van der Waals surface area contributed by atoms with Crippen molar-refractivity contribution in [2.45, 2.75) is 12.7 Å². The van der Waals surface area contributed by atoms with Crippen LogP contribution in [0, 0.1) is 0 Å². The van der Waals surface area contributed by atoms with Crippen LogP contribution < -0.4 is 0 Å². The van der Waals surface area contributed by atoms with Crippen molar-refractivity contribution >= 4 is 33.2 Å². The van der Waals surface area contributed by atoms with Crippen molar-refractivity contribution in [3.05, 3.63) is 29.1 Å². The second-order valence-electron chi connectivity index (χ2n) is 3.05. The molecule has 74 valence electrons. The number of rotatable bonds is 3. The molecular formula is C11H12OS2. The van der Waals surface area contributed by atoms with Crippen molar-refractivity contribution in [2.75, 3.05) is 5.75 Å². The van der Waals surface area contributed by atoms with Crippen LogP contribution in [0.4, 0.5) is 0 Å². The van der Waals surface area contributed by atoms with Crippen LogP contribution >= 0.6 is 23.1 Å². The van der Waals surface area contributed by atoms with Crippen molar-refractivity contribution in [3.63, 3.8) is 0 Å². The SMILES string of the molecule is CCSCc1cc2cccc(O)c2s1. The van der Waals surface area contributed by atoms with Crippen LogP contribution in [-0.4, -0.2) is 10.9 Å². The number of hydrogen-bond acceptors (Lipinski definition) is 3. The van der Waals surface area contributed by atoms with Gasteiger partial charge in [0.2, 0.25) is 0 Å². The van der Waals surface area contributed by atoms with E-state index in [4.69, 9.17) is 0 Å². The van der Waals surface area contributed by atoms with E-state index in [1.54, 1.807) is 17.4 Å². The summed E-state index contributed by atoms with van der Waals surface area (Å²) in [7, 11) is 0. The number of aromatic hydroxyl groups is 1. The summed E-state index contributed by atoms with van der Waals surface area (Å²) in [6, 6.07) is 7.85. The van der Waals surface area contributed by atoms with Gasteiger partial charge in [-0.15, -0.1) is 11.3 Å². The Hall–Kier alpha value is -0.670. The van der Waals surface area contributed by atoms with E-state index < -0.39 is 0 Å². The maximum atomic E-state index is 9.61. The van der Waals surface area contributed by atoms with Gasteiger partial charge in [-0.2, -0.15) is 11.8 Å². The molecule has 2 aromatic rings. The Morgan fingerprint density at radius 1 is 1.43 bits per heavy atom. The summed E-state index contributed by atoms with van der Waals surface area (Å²) in [5, 5.41) is 10.8. The highest BCUT2D eigenvalue weighted by molar-refractivity contribution is 7.98.